The number of hydrogen-bond acceptors (Lipinski definition) is 7. The van der Waals surface area contributed by atoms with Gasteiger partial charge in [-0.15, -0.1) is 0 Å². The van der Waals surface area contributed by atoms with Crippen LogP contribution < -0.4 is 5.11 Å². The molecule has 20 heavy (non-hydrogen) atoms. The number of rotatable bonds is 4. The van der Waals surface area contributed by atoms with Crippen LogP contribution in [0.5, 0.6) is 0 Å². The second kappa shape index (κ2) is 4.76. The van der Waals surface area contributed by atoms with Gasteiger partial charge in [0.1, 0.15) is 5.69 Å². The van der Waals surface area contributed by atoms with Crippen LogP contribution in [0.25, 0.3) is 5.69 Å². The molecule has 0 unspecified atom stereocenters. The number of carboxylic acids is 1. The van der Waals surface area contributed by atoms with Gasteiger partial charge in [0.2, 0.25) is 0 Å². The normalized spacial score (nSPS) is 10.2. The van der Waals surface area contributed by atoms with Gasteiger partial charge in [-0.1, -0.05) is 0 Å². The van der Waals surface area contributed by atoms with Gasteiger partial charge >= 0.3 is 5.69 Å². The summed E-state index contributed by atoms with van der Waals surface area (Å²) in [5.41, 5.74) is -1.37. The van der Waals surface area contributed by atoms with Crippen LogP contribution in [0.15, 0.2) is 30.6 Å². The zero-order valence-corrected chi connectivity index (χ0v) is 9.63. The number of aromatic carboxylic acids is 1. The third kappa shape index (κ3) is 2.29. The van der Waals surface area contributed by atoms with Gasteiger partial charge in [0, 0.05) is 17.8 Å². The molecular weight excluding hydrogens is 272 g/mol. The monoisotopic (exact) mass is 277 g/mol. The van der Waals surface area contributed by atoms with E-state index in [-0.39, 0.29) is 11.3 Å². The number of carboxylic acid groups (broad SMARTS) is 1. The number of benzene rings is 1. The Bertz CT molecular complexity index is 722. The molecule has 0 amide bonds. The van der Waals surface area contributed by atoms with Crippen LogP contribution in [-0.2, 0) is 0 Å². The van der Waals surface area contributed by atoms with Crippen molar-refractivity contribution in [2.24, 2.45) is 0 Å². The minimum Gasteiger partial charge on any atom is -0.545 e. The highest BCUT2D eigenvalue weighted by atomic mass is 16.6. The van der Waals surface area contributed by atoms with Crippen LogP contribution in [0.3, 0.4) is 0 Å². The van der Waals surface area contributed by atoms with Gasteiger partial charge in [-0.3, -0.25) is 20.2 Å². The van der Waals surface area contributed by atoms with E-state index in [4.69, 9.17) is 0 Å². The number of nitrogens with zero attached hydrogens (tertiary/aromatic N) is 4. The van der Waals surface area contributed by atoms with Crippen molar-refractivity contribution < 1.29 is 19.7 Å². The molecular formula is C10H5N4O6-. The van der Waals surface area contributed by atoms with Crippen LogP contribution in [0, 0.1) is 20.2 Å². The van der Waals surface area contributed by atoms with E-state index in [1.807, 2.05) is 0 Å². The molecule has 0 atom stereocenters. The molecule has 0 saturated carbocycles. The molecule has 0 spiro atoms. The van der Waals surface area contributed by atoms with E-state index in [1.165, 1.54) is 0 Å². The summed E-state index contributed by atoms with van der Waals surface area (Å²) in [6, 6.07) is 2.95. The summed E-state index contributed by atoms with van der Waals surface area (Å²) in [4.78, 5) is 30.5. The van der Waals surface area contributed by atoms with Crippen LogP contribution in [0.4, 0.5) is 11.4 Å². The molecule has 2 aromatic rings. The maximum absolute atomic E-state index is 10.9. The highest BCUT2D eigenvalue weighted by molar-refractivity contribution is 5.85. The molecule has 0 aliphatic rings. The predicted octanol–water partition coefficient (Wildman–Crippen LogP) is 0.0522. The molecule has 0 bridgehead atoms. The lowest BCUT2D eigenvalue weighted by Crippen LogP contribution is -2.21. The lowest BCUT2D eigenvalue weighted by atomic mass is 10.2. The Morgan fingerprint density at radius 3 is 2.40 bits per heavy atom. The summed E-state index contributed by atoms with van der Waals surface area (Å²) in [6.07, 6.45) is 1.98. The van der Waals surface area contributed by atoms with Crippen molar-refractivity contribution >= 4 is 17.3 Å². The Morgan fingerprint density at radius 2 is 1.90 bits per heavy atom. The maximum Gasteiger partial charge on any atom is 0.301 e. The summed E-state index contributed by atoms with van der Waals surface area (Å²) in [6.45, 7) is 0. The summed E-state index contributed by atoms with van der Waals surface area (Å²) in [5.74, 6) is -1.49. The predicted molar refractivity (Wildman–Crippen MR) is 61.2 cm³/mol. The molecule has 0 radical (unpaired) electrons. The van der Waals surface area contributed by atoms with Crippen molar-refractivity contribution in [3.8, 4) is 5.69 Å². The fourth-order valence-corrected chi connectivity index (χ4v) is 1.53. The third-order valence-corrected chi connectivity index (χ3v) is 2.43. The minimum absolute atomic E-state index is 0.0897. The molecule has 10 heteroatoms. The molecule has 1 heterocycles. The molecule has 0 fully saturated rings. The van der Waals surface area contributed by atoms with Crippen molar-refractivity contribution in [1.82, 2.24) is 9.78 Å². The molecule has 0 N–H and O–H groups in total. The minimum atomic E-state index is -1.49. The molecule has 0 aliphatic heterocycles. The number of non-ortho nitro benzene ring substituents is 1. The van der Waals surface area contributed by atoms with E-state index in [0.717, 1.165) is 35.3 Å². The summed E-state index contributed by atoms with van der Waals surface area (Å²) < 4.78 is 0.937. The van der Waals surface area contributed by atoms with E-state index < -0.39 is 27.2 Å². The van der Waals surface area contributed by atoms with E-state index >= 15 is 0 Å². The molecule has 1 aromatic heterocycles. The van der Waals surface area contributed by atoms with Crippen LogP contribution in [0.1, 0.15) is 10.4 Å². The second-order valence-electron chi connectivity index (χ2n) is 3.65. The van der Waals surface area contributed by atoms with E-state index in [1.54, 1.807) is 0 Å². The Labute approximate surface area is 110 Å². The standard InChI is InChI=1S/C10H6N4O6/c15-10(16)6-4-11-12(5-6)8-2-1-7(13(17)18)3-9(8)14(19)20/h1-5H,(H,15,16)/p-1. The number of hydrogen-bond donors (Lipinski definition) is 0. The average molecular weight is 277 g/mol. The van der Waals surface area contributed by atoms with E-state index in [9.17, 15) is 30.1 Å². The Morgan fingerprint density at radius 1 is 1.20 bits per heavy atom. The molecule has 10 nitrogen and oxygen atoms in total. The number of carbonyl (C=O) groups is 1. The molecule has 0 aliphatic carbocycles. The van der Waals surface area contributed by atoms with Gasteiger partial charge < -0.3 is 9.90 Å². The topological polar surface area (TPSA) is 144 Å². The fraction of sp³-hybridized carbons (Fsp3) is 0. The van der Waals surface area contributed by atoms with E-state index in [2.05, 4.69) is 5.10 Å². The first-order valence-electron chi connectivity index (χ1n) is 5.09. The second-order valence-corrected chi connectivity index (χ2v) is 3.65. The van der Waals surface area contributed by atoms with Gasteiger partial charge in [0.15, 0.2) is 0 Å². The smallest absolute Gasteiger partial charge is 0.301 e. The first-order chi connectivity index (χ1) is 9.40. The zero-order chi connectivity index (χ0) is 14.9. The molecule has 1 aromatic carbocycles. The van der Waals surface area contributed by atoms with Gasteiger partial charge in [0.05, 0.1) is 28.1 Å². The highest BCUT2D eigenvalue weighted by Crippen LogP contribution is 2.27. The van der Waals surface area contributed by atoms with Crippen molar-refractivity contribution in [3.63, 3.8) is 0 Å². The molecule has 0 saturated heterocycles. The highest BCUT2D eigenvalue weighted by Gasteiger charge is 2.21. The lowest BCUT2D eigenvalue weighted by Gasteiger charge is -2.02. The number of carbonyl (C=O) groups excluding carboxylic acids is 1. The van der Waals surface area contributed by atoms with Crippen molar-refractivity contribution in [3.05, 3.63) is 56.4 Å². The number of nitro groups is 2. The lowest BCUT2D eigenvalue weighted by molar-refractivity contribution is -0.394. The van der Waals surface area contributed by atoms with Gasteiger partial charge in [0.25, 0.3) is 5.69 Å². The average Bonchev–Trinajstić information content (AvgIpc) is 2.87. The molecule has 2 rings (SSSR count). The van der Waals surface area contributed by atoms with Crippen LogP contribution in [0.2, 0.25) is 0 Å². The van der Waals surface area contributed by atoms with Crippen molar-refractivity contribution in [2.45, 2.75) is 0 Å². The fourth-order valence-electron chi connectivity index (χ4n) is 1.53. The van der Waals surface area contributed by atoms with E-state index in [0.29, 0.717) is 0 Å². The SMILES string of the molecule is O=C([O-])c1cnn(-c2ccc([N+](=O)[O-])cc2[N+](=O)[O-])c1. The zero-order valence-electron chi connectivity index (χ0n) is 9.63. The first kappa shape index (κ1) is 13.1. The van der Waals surface area contributed by atoms with Gasteiger partial charge in [-0.05, 0) is 6.07 Å². The van der Waals surface area contributed by atoms with Crippen LogP contribution in [-0.4, -0.2) is 25.6 Å². The first-order valence-corrected chi connectivity index (χ1v) is 5.09. The Hall–Kier alpha value is -3.30. The summed E-state index contributed by atoms with van der Waals surface area (Å²) >= 11 is 0. The van der Waals surface area contributed by atoms with Gasteiger partial charge in [-0.2, -0.15) is 5.10 Å². The third-order valence-electron chi connectivity index (χ3n) is 2.43. The largest absolute Gasteiger partial charge is 0.545 e. The summed E-state index contributed by atoms with van der Waals surface area (Å²) in [7, 11) is 0. The number of aromatic nitrogens is 2. The van der Waals surface area contributed by atoms with Gasteiger partial charge in [-0.25, -0.2) is 4.68 Å². The Balaban J connectivity index is 2.57. The maximum atomic E-state index is 10.9. The van der Waals surface area contributed by atoms with Crippen molar-refractivity contribution in [1.29, 1.82) is 0 Å². The summed E-state index contributed by atoms with van der Waals surface area (Å²) in [5, 5.41) is 35.8. The molecule has 102 valence electrons. The number of nitro benzene ring substituents is 2. The van der Waals surface area contributed by atoms with Crippen LogP contribution >= 0.6 is 0 Å². The Kier molecular flexibility index (Phi) is 3.13. The van der Waals surface area contributed by atoms with Crippen molar-refractivity contribution in [2.75, 3.05) is 0 Å². The quantitative estimate of drug-likeness (QED) is 0.567.